The van der Waals surface area contributed by atoms with Gasteiger partial charge < -0.3 is 16.4 Å². The Morgan fingerprint density at radius 2 is 2.08 bits per heavy atom. The summed E-state index contributed by atoms with van der Waals surface area (Å²) in [4.78, 5) is 11.9. The molecule has 2 fully saturated rings. The van der Waals surface area contributed by atoms with Gasteiger partial charge in [-0.1, -0.05) is 41.0 Å². The van der Waals surface area contributed by atoms with Gasteiger partial charge in [0.05, 0.1) is 16.2 Å². The second kappa shape index (κ2) is 5.95. The fraction of sp³-hybridized carbons (Fsp3) is 0.375. The SMILES string of the molecule is Nc1nc(N2CC3(CCC3N)C2)cnc1Sc1cccc(Cl)c1Cl. The van der Waals surface area contributed by atoms with Crippen LogP contribution in [-0.4, -0.2) is 29.1 Å². The average Bonchev–Trinajstić information content (AvgIpc) is 2.51. The zero-order chi connectivity index (χ0) is 16.9. The van der Waals surface area contributed by atoms with Gasteiger partial charge in [-0.25, -0.2) is 9.97 Å². The van der Waals surface area contributed by atoms with Gasteiger partial charge in [0.2, 0.25) is 0 Å². The van der Waals surface area contributed by atoms with Crippen molar-refractivity contribution in [2.75, 3.05) is 23.7 Å². The minimum absolute atomic E-state index is 0.290. The lowest BCUT2D eigenvalue weighted by Gasteiger charge is -2.59. The molecule has 4 N–H and O–H groups in total. The van der Waals surface area contributed by atoms with Crippen LogP contribution >= 0.6 is 35.0 Å². The van der Waals surface area contributed by atoms with Crippen molar-refractivity contribution in [2.24, 2.45) is 11.1 Å². The Labute approximate surface area is 154 Å². The molecule has 2 aliphatic rings. The number of benzene rings is 1. The zero-order valence-electron chi connectivity index (χ0n) is 12.9. The number of nitrogens with two attached hydrogens (primary N) is 2. The van der Waals surface area contributed by atoms with E-state index in [9.17, 15) is 0 Å². The van der Waals surface area contributed by atoms with Crippen LogP contribution in [-0.2, 0) is 0 Å². The first-order valence-electron chi connectivity index (χ1n) is 7.73. The Hall–Kier alpha value is -1.21. The van der Waals surface area contributed by atoms with Crippen LogP contribution in [0.3, 0.4) is 0 Å². The van der Waals surface area contributed by atoms with E-state index < -0.39 is 0 Å². The van der Waals surface area contributed by atoms with Gasteiger partial charge in [0.1, 0.15) is 10.8 Å². The normalized spacial score (nSPS) is 21.5. The lowest BCUT2D eigenvalue weighted by Crippen LogP contribution is -2.69. The van der Waals surface area contributed by atoms with Gasteiger partial charge in [-0.05, 0) is 25.0 Å². The van der Waals surface area contributed by atoms with Crippen molar-refractivity contribution < 1.29 is 0 Å². The van der Waals surface area contributed by atoms with Gasteiger partial charge in [-0.3, -0.25) is 0 Å². The molecule has 1 saturated carbocycles. The maximum Gasteiger partial charge on any atom is 0.158 e. The maximum atomic E-state index is 6.21. The lowest BCUT2D eigenvalue weighted by molar-refractivity contribution is 0.0557. The largest absolute Gasteiger partial charge is 0.381 e. The first-order chi connectivity index (χ1) is 11.5. The Balaban J connectivity index is 1.50. The minimum Gasteiger partial charge on any atom is -0.381 e. The van der Waals surface area contributed by atoms with Crippen LogP contribution < -0.4 is 16.4 Å². The summed E-state index contributed by atoms with van der Waals surface area (Å²) >= 11 is 13.6. The van der Waals surface area contributed by atoms with Crippen LogP contribution in [0.5, 0.6) is 0 Å². The van der Waals surface area contributed by atoms with Gasteiger partial charge in [-0.2, -0.15) is 0 Å². The first-order valence-corrected chi connectivity index (χ1v) is 9.31. The standard InChI is InChI=1S/C16H17Cl2N5S/c17-9-2-1-3-10(13(9)18)24-15-14(20)22-12(6-21-15)23-7-16(8-23)5-4-11(16)19/h1-3,6,11H,4-5,7-8,19H2,(H2,20,22). The molecule has 0 amide bonds. The highest BCUT2D eigenvalue weighted by Crippen LogP contribution is 2.48. The Morgan fingerprint density at radius 1 is 1.29 bits per heavy atom. The highest BCUT2D eigenvalue weighted by molar-refractivity contribution is 7.99. The Kier molecular flexibility index (Phi) is 4.03. The molecule has 1 aliphatic carbocycles. The predicted octanol–water partition coefficient (Wildman–Crippen LogP) is 3.44. The predicted molar refractivity (Wildman–Crippen MR) is 98.9 cm³/mol. The van der Waals surface area contributed by atoms with Gasteiger partial charge in [-0.15, -0.1) is 0 Å². The van der Waals surface area contributed by atoms with Crippen molar-refractivity contribution in [1.82, 2.24) is 9.97 Å². The number of anilines is 2. The van der Waals surface area contributed by atoms with E-state index in [2.05, 4.69) is 14.9 Å². The molecule has 1 aliphatic heterocycles. The molecule has 5 nitrogen and oxygen atoms in total. The molecule has 24 heavy (non-hydrogen) atoms. The molecule has 1 saturated heterocycles. The zero-order valence-corrected chi connectivity index (χ0v) is 15.2. The molecule has 8 heteroatoms. The van der Waals surface area contributed by atoms with Crippen LogP contribution in [0.25, 0.3) is 0 Å². The van der Waals surface area contributed by atoms with E-state index in [4.69, 9.17) is 34.7 Å². The number of hydrogen-bond acceptors (Lipinski definition) is 6. The molecule has 0 bridgehead atoms. The molecule has 126 valence electrons. The molecule has 1 aromatic heterocycles. The van der Waals surface area contributed by atoms with E-state index in [1.165, 1.54) is 18.2 Å². The van der Waals surface area contributed by atoms with Crippen LogP contribution in [0.4, 0.5) is 11.6 Å². The van der Waals surface area contributed by atoms with Crippen LogP contribution in [0, 0.1) is 5.41 Å². The molecule has 1 atom stereocenters. The second-order valence-corrected chi connectivity index (χ2v) is 8.25. The topological polar surface area (TPSA) is 81.1 Å². The minimum atomic E-state index is 0.290. The van der Waals surface area contributed by atoms with Crippen molar-refractivity contribution in [3.63, 3.8) is 0 Å². The van der Waals surface area contributed by atoms with Crippen LogP contribution in [0.1, 0.15) is 12.8 Å². The van der Waals surface area contributed by atoms with E-state index in [-0.39, 0.29) is 5.41 Å². The lowest BCUT2D eigenvalue weighted by atomic mass is 9.60. The van der Waals surface area contributed by atoms with E-state index >= 15 is 0 Å². The number of nitrogen functional groups attached to an aromatic ring is 1. The Morgan fingerprint density at radius 3 is 2.71 bits per heavy atom. The number of hydrogen-bond donors (Lipinski definition) is 2. The summed E-state index contributed by atoms with van der Waals surface area (Å²) in [7, 11) is 0. The van der Waals surface area contributed by atoms with Crippen molar-refractivity contribution in [2.45, 2.75) is 28.8 Å². The summed E-state index contributed by atoms with van der Waals surface area (Å²) in [5.74, 6) is 1.20. The summed E-state index contributed by atoms with van der Waals surface area (Å²) in [6.45, 7) is 1.88. The van der Waals surface area contributed by atoms with Gasteiger partial charge >= 0.3 is 0 Å². The highest BCUT2D eigenvalue weighted by Gasteiger charge is 2.53. The highest BCUT2D eigenvalue weighted by atomic mass is 35.5. The van der Waals surface area contributed by atoms with Crippen molar-refractivity contribution >= 4 is 46.6 Å². The maximum absolute atomic E-state index is 6.21. The number of nitrogens with zero attached hydrogens (tertiary/aromatic N) is 3. The molecule has 0 radical (unpaired) electrons. The van der Waals surface area contributed by atoms with Crippen molar-refractivity contribution in [1.29, 1.82) is 0 Å². The Bertz CT molecular complexity index is 794. The van der Waals surface area contributed by atoms with E-state index in [1.807, 2.05) is 12.1 Å². The summed E-state index contributed by atoms with van der Waals surface area (Å²) in [6.07, 6.45) is 4.08. The summed E-state index contributed by atoms with van der Waals surface area (Å²) < 4.78 is 0. The number of rotatable bonds is 3. The molecular weight excluding hydrogens is 365 g/mol. The smallest absolute Gasteiger partial charge is 0.158 e. The molecule has 1 spiro atoms. The first kappa shape index (κ1) is 16.3. The number of aromatic nitrogens is 2. The molecule has 1 aromatic carbocycles. The monoisotopic (exact) mass is 381 g/mol. The quantitative estimate of drug-likeness (QED) is 0.847. The van der Waals surface area contributed by atoms with Crippen molar-refractivity contribution in [3.8, 4) is 0 Å². The van der Waals surface area contributed by atoms with Crippen LogP contribution in [0.2, 0.25) is 10.0 Å². The number of halogens is 2. The molecule has 2 aromatic rings. The molecule has 2 heterocycles. The van der Waals surface area contributed by atoms with E-state index in [0.717, 1.165) is 30.2 Å². The molecule has 1 unspecified atom stereocenters. The van der Waals surface area contributed by atoms with Gasteiger partial charge in [0, 0.05) is 29.4 Å². The van der Waals surface area contributed by atoms with E-state index in [0.29, 0.717) is 26.9 Å². The fourth-order valence-electron chi connectivity index (χ4n) is 3.27. The average molecular weight is 382 g/mol. The third-order valence-electron chi connectivity index (χ3n) is 4.95. The fourth-order valence-corrected chi connectivity index (χ4v) is 4.55. The van der Waals surface area contributed by atoms with Gasteiger partial charge in [0.25, 0.3) is 0 Å². The summed E-state index contributed by atoms with van der Waals surface area (Å²) in [6, 6.07) is 5.79. The van der Waals surface area contributed by atoms with Crippen molar-refractivity contribution in [3.05, 3.63) is 34.4 Å². The second-order valence-electron chi connectivity index (χ2n) is 6.44. The molecular formula is C16H17Cl2N5S. The summed E-state index contributed by atoms with van der Waals surface area (Å²) in [5.41, 5.74) is 12.5. The third-order valence-corrected chi connectivity index (χ3v) is 6.95. The van der Waals surface area contributed by atoms with Crippen LogP contribution in [0.15, 0.2) is 34.3 Å². The van der Waals surface area contributed by atoms with E-state index in [1.54, 1.807) is 12.3 Å². The summed E-state index contributed by atoms with van der Waals surface area (Å²) in [5, 5.41) is 1.63. The molecule has 4 rings (SSSR count). The van der Waals surface area contributed by atoms with Gasteiger partial charge in [0.15, 0.2) is 5.82 Å². The third kappa shape index (κ3) is 2.62.